The van der Waals surface area contributed by atoms with Gasteiger partial charge in [-0.1, -0.05) is 32.0 Å². The van der Waals surface area contributed by atoms with Crippen molar-refractivity contribution in [2.45, 2.75) is 20.5 Å². The fourth-order valence-electron chi connectivity index (χ4n) is 1.28. The number of rotatable bonds is 2. The van der Waals surface area contributed by atoms with Gasteiger partial charge >= 0.3 is 0 Å². The second kappa shape index (κ2) is 4.06. The second-order valence-corrected chi connectivity index (χ2v) is 3.11. The molecule has 0 saturated heterocycles. The normalized spacial score (nSPS) is 10.1. The van der Waals surface area contributed by atoms with E-state index in [0.29, 0.717) is 11.1 Å². The molecule has 0 saturated carbocycles. The van der Waals surface area contributed by atoms with Crippen molar-refractivity contribution in [1.82, 2.24) is 0 Å². The molecule has 0 bridgehead atoms. The predicted octanol–water partition coefficient (Wildman–Crippen LogP) is 2.01. The maximum Gasteiger partial charge on any atom is 0.0998 e. The van der Waals surface area contributed by atoms with Gasteiger partial charge in [0.15, 0.2) is 0 Å². The molecule has 0 heterocycles. The van der Waals surface area contributed by atoms with Crippen LogP contribution in [0.1, 0.15) is 30.5 Å². The Balaban J connectivity index is 3.29. The highest BCUT2D eigenvalue weighted by atomic mass is 16.3. The van der Waals surface area contributed by atoms with Gasteiger partial charge in [0.1, 0.15) is 0 Å². The Morgan fingerprint density at radius 2 is 2.15 bits per heavy atom. The third-order valence-corrected chi connectivity index (χ3v) is 1.97. The van der Waals surface area contributed by atoms with E-state index in [9.17, 15) is 0 Å². The topological polar surface area (TPSA) is 44.0 Å². The van der Waals surface area contributed by atoms with Crippen LogP contribution in [0.25, 0.3) is 0 Å². The first-order valence-electron chi connectivity index (χ1n) is 4.14. The van der Waals surface area contributed by atoms with Gasteiger partial charge in [0.05, 0.1) is 18.2 Å². The van der Waals surface area contributed by atoms with E-state index >= 15 is 0 Å². The molecule has 1 rings (SSSR count). The molecule has 0 aliphatic carbocycles. The van der Waals surface area contributed by atoms with Crippen molar-refractivity contribution in [3.63, 3.8) is 0 Å². The average molecular weight is 174 g/mol. The summed E-state index contributed by atoms with van der Waals surface area (Å²) >= 11 is 0. The lowest BCUT2D eigenvalue weighted by atomic mass is 9.94. The molecule has 0 aromatic heterocycles. The number of nitrogens with zero attached hydrogens (tertiary/aromatic N) is 1. The number of benzene rings is 1. The molecule has 0 atom stereocenters. The highest BCUT2D eigenvalue weighted by Crippen LogP contribution is 2.21. The molecule has 1 aromatic rings. The molecule has 2 nitrogen and oxygen atoms in total. The van der Waals surface area contributed by atoms with Crippen molar-refractivity contribution in [2.24, 2.45) is 0 Å². The molecular formula is C11H12NO. The standard InChI is InChI=1S/C11H12NO/c1-8(2)10-5-3-4-9(7-13)11(10)6-12/h3-5,13H,7H2,1-2H3. The van der Waals surface area contributed by atoms with Crippen molar-refractivity contribution in [1.29, 1.82) is 5.26 Å². The van der Waals surface area contributed by atoms with E-state index in [4.69, 9.17) is 10.4 Å². The Bertz CT molecular complexity index is 336. The summed E-state index contributed by atoms with van der Waals surface area (Å²) in [6, 6.07) is 7.64. The molecule has 1 N–H and O–H groups in total. The minimum atomic E-state index is -0.0794. The Morgan fingerprint density at radius 1 is 1.46 bits per heavy atom. The lowest BCUT2D eigenvalue weighted by molar-refractivity contribution is 0.281. The smallest absolute Gasteiger partial charge is 0.0998 e. The number of aliphatic hydroxyl groups excluding tert-OH is 1. The molecule has 67 valence electrons. The van der Waals surface area contributed by atoms with Gasteiger partial charge in [-0.15, -0.1) is 0 Å². The lowest BCUT2D eigenvalue weighted by Crippen LogP contribution is -1.98. The van der Waals surface area contributed by atoms with Crippen LogP contribution in [0.5, 0.6) is 0 Å². The fraction of sp³-hybridized carbons (Fsp3) is 0.273. The molecule has 0 spiro atoms. The molecule has 1 aromatic carbocycles. The van der Waals surface area contributed by atoms with Crippen LogP contribution in [0.2, 0.25) is 0 Å². The van der Waals surface area contributed by atoms with Gasteiger partial charge in [-0.2, -0.15) is 5.26 Å². The summed E-state index contributed by atoms with van der Waals surface area (Å²) in [4.78, 5) is 0. The van der Waals surface area contributed by atoms with E-state index in [1.165, 1.54) is 0 Å². The summed E-state index contributed by atoms with van der Waals surface area (Å²) in [6.07, 6.45) is 0. The molecule has 0 aliphatic rings. The van der Waals surface area contributed by atoms with Crippen LogP contribution < -0.4 is 0 Å². The Kier molecular flexibility index (Phi) is 3.05. The molecule has 0 fully saturated rings. The van der Waals surface area contributed by atoms with Crippen LogP contribution in [0.15, 0.2) is 18.2 Å². The van der Waals surface area contributed by atoms with Crippen LogP contribution in [0.4, 0.5) is 0 Å². The minimum absolute atomic E-state index is 0.0794. The second-order valence-electron chi connectivity index (χ2n) is 3.11. The lowest BCUT2D eigenvalue weighted by Gasteiger charge is -2.09. The fourth-order valence-corrected chi connectivity index (χ4v) is 1.28. The van der Waals surface area contributed by atoms with Crippen LogP contribution in [-0.4, -0.2) is 5.11 Å². The van der Waals surface area contributed by atoms with E-state index in [1.54, 1.807) is 6.07 Å². The summed E-state index contributed by atoms with van der Waals surface area (Å²) in [5.74, 6) is 1.09. The zero-order valence-corrected chi connectivity index (χ0v) is 7.83. The molecule has 2 heteroatoms. The van der Waals surface area contributed by atoms with E-state index < -0.39 is 0 Å². The predicted molar refractivity (Wildman–Crippen MR) is 50.8 cm³/mol. The summed E-state index contributed by atoms with van der Waals surface area (Å²) in [6.45, 7) is 3.83. The maximum atomic E-state index is 9.00. The molecular weight excluding hydrogens is 162 g/mol. The van der Waals surface area contributed by atoms with Gasteiger partial charge in [0.2, 0.25) is 0 Å². The zero-order chi connectivity index (χ0) is 9.84. The first-order valence-corrected chi connectivity index (χ1v) is 4.14. The first-order chi connectivity index (χ1) is 6.20. The van der Waals surface area contributed by atoms with Crippen LogP contribution >= 0.6 is 0 Å². The van der Waals surface area contributed by atoms with Crippen molar-refractivity contribution in [3.05, 3.63) is 40.8 Å². The molecule has 1 radical (unpaired) electrons. The minimum Gasteiger partial charge on any atom is -0.392 e. The summed E-state index contributed by atoms with van der Waals surface area (Å²) in [5, 5.41) is 17.9. The van der Waals surface area contributed by atoms with Crippen molar-refractivity contribution >= 4 is 0 Å². The van der Waals surface area contributed by atoms with Crippen molar-refractivity contribution in [3.8, 4) is 6.07 Å². The summed E-state index contributed by atoms with van der Waals surface area (Å²) in [5.41, 5.74) is 2.21. The third-order valence-electron chi connectivity index (χ3n) is 1.97. The van der Waals surface area contributed by atoms with Gasteiger partial charge in [-0.25, -0.2) is 0 Å². The summed E-state index contributed by atoms with van der Waals surface area (Å²) < 4.78 is 0. The van der Waals surface area contributed by atoms with Crippen molar-refractivity contribution in [2.75, 3.05) is 0 Å². The number of hydrogen-bond donors (Lipinski definition) is 1. The summed E-state index contributed by atoms with van der Waals surface area (Å²) in [7, 11) is 0. The SMILES string of the molecule is C[C](C)c1cccc(CO)c1C#N. The van der Waals surface area contributed by atoms with E-state index in [1.807, 2.05) is 26.0 Å². The van der Waals surface area contributed by atoms with Gasteiger partial charge < -0.3 is 5.11 Å². The van der Waals surface area contributed by atoms with Crippen LogP contribution in [0.3, 0.4) is 0 Å². The number of nitriles is 1. The average Bonchev–Trinajstić information content (AvgIpc) is 2.16. The van der Waals surface area contributed by atoms with Crippen LogP contribution in [-0.2, 0) is 6.61 Å². The van der Waals surface area contributed by atoms with Crippen LogP contribution in [0, 0.1) is 17.2 Å². The Morgan fingerprint density at radius 3 is 2.62 bits per heavy atom. The number of hydrogen-bond acceptors (Lipinski definition) is 2. The Hall–Kier alpha value is -1.33. The third kappa shape index (κ3) is 1.88. The largest absolute Gasteiger partial charge is 0.392 e. The quantitative estimate of drug-likeness (QED) is 0.745. The van der Waals surface area contributed by atoms with Crippen molar-refractivity contribution < 1.29 is 5.11 Å². The molecule has 13 heavy (non-hydrogen) atoms. The van der Waals surface area contributed by atoms with Gasteiger partial charge in [0.25, 0.3) is 0 Å². The van der Waals surface area contributed by atoms with E-state index in [-0.39, 0.29) is 6.61 Å². The first kappa shape index (κ1) is 9.76. The molecule has 0 unspecified atom stereocenters. The Labute approximate surface area is 78.4 Å². The maximum absolute atomic E-state index is 9.00. The van der Waals surface area contributed by atoms with Gasteiger partial charge in [-0.05, 0) is 11.1 Å². The monoisotopic (exact) mass is 174 g/mol. The van der Waals surface area contributed by atoms with Gasteiger partial charge in [-0.3, -0.25) is 0 Å². The van der Waals surface area contributed by atoms with E-state index in [0.717, 1.165) is 11.5 Å². The number of aliphatic hydroxyl groups is 1. The highest BCUT2D eigenvalue weighted by Gasteiger charge is 2.09. The highest BCUT2D eigenvalue weighted by molar-refractivity contribution is 5.49. The molecule has 0 aliphatic heterocycles. The van der Waals surface area contributed by atoms with E-state index in [2.05, 4.69) is 6.07 Å². The zero-order valence-electron chi connectivity index (χ0n) is 7.83. The van der Waals surface area contributed by atoms with Gasteiger partial charge in [0, 0.05) is 5.92 Å². The molecule has 0 amide bonds.